The van der Waals surface area contributed by atoms with E-state index in [1.165, 1.54) is 6.07 Å². The van der Waals surface area contributed by atoms with Gasteiger partial charge in [-0.3, -0.25) is 9.59 Å². The van der Waals surface area contributed by atoms with Crippen molar-refractivity contribution in [3.05, 3.63) is 95.9 Å². The Morgan fingerprint density at radius 1 is 1.00 bits per heavy atom. The predicted octanol–water partition coefficient (Wildman–Crippen LogP) is 9.07. The number of benzene rings is 3. The molecule has 1 saturated heterocycles. The molecule has 1 aliphatic heterocycles. The van der Waals surface area contributed by atoms with E-state index in [2.05, 4.69) is 9.88 Å². The highest BCUT2D eigenvalue weighted by Gasteiger charge is 2.38. The highest BCUT2D eigenvalue weighted by molar-refractivity contribution is 6.12. The molecule has 0 unspecified atom stereocenters. The van der Waals surface area contributed by atoms with Crippen LogP contribution in [0.15, 0.2) is 78.9 Å². The van der Waals surface area contributed by atoms with Gasteiger partial charge in [-0.1, -0.05) is 62.4 Å². The van der Waals surface area contributed by atoms with E-state index in [1.807, 2.05) is 109 Å². The Morgan fingerprint density at radius 2 is 1.63 bits per heavy atom. The number of anilines is 1. The zero-order chi connectivity index (χ0) is 35.5. The summed E-state index contributed by atoms with van der Waals surface area (Å²) in [6.07, 6.45) is 0.360. The Kier molecular flexibility index (Phi) is 10.6. The van der Waals surface area contributed by atoms with Crippen LogP contribution in [0.4, 0.5) is 10.1 Å². The van der Waals surface area contributed by atoms with Crippen molar-refractivity contribution in [1.29, 1.82) is 0 Å². The minimum Gasteiger partial charge on any atom is -0.507 e. The molecule has 260 valence electrons. The molecule has 0 saturated carbocycles. The van der Waals surface area contributed by atoms with Gasteiger partial charge in [-0.2, -0.15) is 0 Å². The van der Waals surface area contributed by atoms with Crippen LogP contribution in [0.1, 0.15) is 89.7 Å². The number of ether oxygens (including phenoxy) is 3. The van der Waals surface area contributed by atoms with E-state index in [0.717, 1.165) is 17.3 Å². The van der Waals surface area contributed by atoms with E-state index >= 15 is 0 Å². The zero-order valence-corrected chi connectivity index (χ0v) is 29.4. The number of phenolic OH excluding ortho intramolecular Hbond substituents is 1. The van der Waals surface area contributed by atoms with Gasteiger partial charge >= 0.3 is 5.97 Å². The highest BCUT2D eigenvalue weighted by Crippen LogP contribution is 2.45. The number of hydrogen-bond donors (Lipinski definition) is 2. The maximum atomic E-state index is 14.4. The number of nitrogens with one attached hydrogen (secondary N) is 1. The molecule has 1 fully saturated rings. The van der Waals surface area contributed by atoms with Gasteiger partial charge < -0.3 is 29.2 Å². The summed E-state index contributed by atoms with van der Waals surface area (Å²) in [6.45, 7) is 13.6. The summed E-state index contributed by atoms with van der Waals surface area (Å²) in [7, 11) is 0. The number of aromatic hydroxyl groups is 1. The topological polar surface area (TPSA) is 99.0 Å². The minimum atomic E-state index is -0.943. The zero-order valence-electron chi connectivity index (χ0n) is 29.4. The van der Waals surface area contributed by atoms with Crippen molar-refractivity contribution in [1.82, 2.24) is 4.57 Å². The first-order valence-electron chi connectivity index (χ1n) is 16.9. The summed E-state index contributed by atoms with van der Waals surface area (Å²) >= 11 is 0. The second-order valence-electron chi connectivity index (χ2n) is 14.3. The first-order chi connectivity index (χ1) is 23.1. The summed E-state index contributed by atoms with van der Waals surface area (Å²) in [5, 5.41) is 14.3. The average Bonchev–Trinajstić information content (AvgIpc) is 3.34. The smallest absolute Gasteiger partial charge is 0.308 e. The molecule has 0 spiro atoms. The average molecular weight is 671 g/mol. The Labute approximate surface area is 288 Å². The SMILES string of the molecule is CC(C)c1c(C(=O)Nc2ccccc2)c(-c2ccccc2)c(-c2ccc(F)cc2O)n1CC[C@@H]1C[C@H](CC(=O)OC(C)(C)C)OC(C)(C)O1. The molecule has 1 aliphatic rings. The van der Waals surface area contributed by atoms with Crippen LogP contribution in [0.2, 0.25) is 0 Å². The van der Waals surface area contributed by atoms with Crippen molar-refractivity contribution in [2.75, 3.05) is 5.32 Å². The quantitative estimate of drug-likeness (QED) is 0.163. The summed E-state index contributed by atoms with van der Waals surface area (Å²) in [6, 6.07) is 22.8. The van der Waals surface area contributed by atoms with E-state index in [0.29, 0.717) is 47.5 Å². The fraction of sp³-hybridized carbons (Fsp3) is 0.400. The molecule has 8 nitrogen and oxygen atoms in total. The molecule has 2 atom stereocenters. The third kappa shape index (κ3) is 8.77. The summed E-state index contributed by atoms with van der Waals surface area (Å²) < 4.78 is 34.5. The van der Waals surface area contributed by atoms with Gasteiger partial charge in [0.1, 0.15) is 17.2 Å². The molecular weight excluding hydrogens is 623 g/mol. The van der Waals surface area contributed by atoms with Crippen LogP contribution in [-0.2, 0) is 25.5 Å². The van der Waals surface area contributed by atoms with Crippen LogP contribution in [0.3, 0.4) is 0 Å². The fourth-order valence-corrected chi connectivity index (χ4v) is 6.65. The molecule has 0 bridgehead atoms. The Bertz CT molecular complexity index is 1780. The number of amides is 1. The van der Waals surface area contributed by atoms with Crippen molar-refractivity contribution in [2.24, 2.45) is 0 Å². The van der Waals surface area contributed by atoms with Gasteiger partial charge in [-0.15, -0.1) is 0 Å². The molecule has 1 aromatic heterocycles. The van der Waals surface area contributed by atoms with E-state index < -0.39 is 23.3 Å². The number of rotatable bonds is 10. The second-order valence-corrected chi connectivity index (χ2v) is 14.3. The van der Waals surface area contributed by atoms with Gasteiger partial charge in [0.2, 0.25) is 0 Å². The Hall–Kier alpha value is -4.47. The van der Waals surface area contributed by atoms with Crippen LogP contribution in [-0.4, -0.2) is 45.1 Å². The normalized spacial score (nSPS) is 17.6. The summed E-state index contributed by atoms with van der Waals surface area (Å²) in [4.78, 5) is 27.1. The van der Waals surface area contributed by atoms with Crippen LogP contribution < -0.4 is 5.32 Å². The number of carbonyl (C=O) groups excluding carboxylic acids is 2. The maximum absolute atomic E-state index is 14.4. The lowest BCUT2D eigenvalue weighted by Gasteiger charge is -2.41. The molecule has 0 radical (unpaired) electrons. The van der Waals surface area contributed by atoms with Crippen molar-refractivity contribution in [3.63, 3.8) is 0 Å². The molecule has 1 amide bonds. The number of nitrogens with zero attached hydrogens (tertiary/aromatic N) is 1. The molecule has 2 N–H and O–H groups in total. The number of hydrogen-bond acceptors (Lipinski definition) is 6. The van der Waals surface area contributed by atoms with Crippen molar-refractivity contribution < 1.29 is 33.3 Å². The Balaban J connectivity index is 1.62. The first-order valence-corrected chi connectivity index (χ1v) is 16.9. The van der Waals surface area contributed by atoms with Crippen LogP contribution in [0.5, 0.6) is 5.75 Å². The van der Waals surface area contributed by atoms with Crippen LogP contribution in [0.25, 0.3) is 22.4 Å². The van der Waals surface area contributed by atoms with E-state index in [1.54, 1.807) is 6.07 Å². The van der Waals surface area contributed by atoms with Crippen molar-refractivity contribution in [2.45, 2.75) is 104 Å². The number of aromatic nitrogens is 1. The third-order valence-electron chi connectivity index (χ3n) is 8.30. The van der Waals surface area contributed by atoms with Crippen molar-refractivity contribution >= 4 is 17.6 Å². The standard InChI is InChI=1S/C40H47FN2O6/c1-25(2)36-35(38(46)42-28-16-12-9-13-17-28)34(26-14-10-8-11-15-26)37(31-19-18-27(41)22-32(31)44)43(36)21-20-29-23-30(48-40(6,7)47-29)24-33(45)49-39(3,4)5/h8-19,22,25,29-30,44H,20-21,23-24H2,1-7H3,(H,42,46)/t29-,30-/m1/s1. The summed E-state index contributed by atoms with van der Waals surface area (Å²) in [5.74, 6) is -2.50. The molecule has 0 aliphatic carbocycles. The van der Waals surface area contributed by atoms with Gasteiger partial charge in [0.05, 0.1) is 29.9 Å². The van der Waals surface area contributed by atoms with Gasteiger partial charge in [0.15, 0.2) is 5.79 Å². The molecule has 49 heavy (non-hydrogen) atoms. The number of para-hydroxylation sites is 1. The minimum absolute atomic E-state index is 0.0952. The maximum Gasteiger partial charge on any atom is 0.308 e. The van der Waals surface area contributed by atoms with Gasteiger partial charge in [0, 0.05) is 41.5 Å². The number of esters is 1. The highest BCUT2D eigenvalue weighted by atomic mass is 19.1. The fourth-order valence-electron chi connectivity index (χ4n) is 6.65. The van der Waals surface area contributed by atoms with Gasteiger partial charge in [-0.25, -0.2) is 4.39 Å². The lowest BCUT2D eigenvalue weighted by molar-refractivity contribution is -0.301. The number of halogens is 1. The van der Waals surface area contributed by atoms with Gasteiger partial charge in [0.25, 0.3) is 5.91 Å². The molecule has 4 aromatic rings. The second kappa shape index (κ2) is 14.6. The first kappa shape index (κ1) is 35.8. The number of carbonyl (C=O) groups is 2. The largest absolute Gasteiger partial charge is 0.507 e. The third-order valence-corrected chi connectivity index (χ3v) is 8.30. The van der Waals surface area contributed by atoms with Gasteiger partial charge in [-0.05, 0) is 76.8 Å². The van der Waals surface area contributed by atoms with Crippen molar-refractivity contribution in [3.8, 4) is 28.1 Å². The summed E-state index contributed by atoms with van der Waals surface area (Å²) in [5.41, 5.74) is 3.69. The molecule has 2 heterocycles. The van der Waals surface area contributed by atoms with E-state index in [9.17, 15) is 19.1 Å². The van der Waals surface area contributed by atoms with Crippen LogP contribution >= 0.6 is 0 Å². The Morgan fingerprint density at radius 3 is 2.24 bits per heavy atom. The predicted molar refractivity (Wildman–Crippen MR) is 189 cm³/mol. The molecular formula is C40H47FN2O6. The molecule has 3 aromatic carbocycles. The molecule has 5 rings (SSSR count). The molecule has 9 heteroatoms. The van der Waals surface area contributed by atoms with E-state index in [4.69, 9.17) is 14.2 Å². The lowest BCUT2D eigenvalue weighted by Crippen LogP contribution is -2.46. The lowest BCUT2D eigenvalue weighted by atomic mass is 9.94. The monoisotopic (exact) mass is 670 g/mol. The van der Waals surface area contributed by atoms with E-state index in [-0.39, 0.29) is 36.1 Å². The number of phenols is 1. The van der Waals surface area contributed by atoms with Crippen LogP contribution in [0, 0.1) is 5.82 Å².